The molecule has 0 fully saturated rings. The molecule has 0 saturated carbocycles. The average Bonchev–Trinajstić information content (AvgIpc) is 2.55. The Bertz CT molecular complexity index is 557. The molecule has 0 bridgehead atoms. The monoisotopic (exact) mass is 392 g/mol. The highest BCUT2D eigenvalue weighted by Gasteiger charge is 2.42. The Morgan fingerprint density at radius 3 is 1.85 bits per heavy atom. The van der Waals surface area contributed by atoms with Crippen LogP contribution in [0.4, 0.5) is 0 Å². The number of esters is 3. The van der Waals surface area contributed by atoms with E-state index in [2.05, 4.69) is 0 Å². The second-order valence-corrected chi connectivity index (χ2v) is 5.74. The SMILES string of the molecule is [2H]C(OC(C)=O)[C@@H]([C@@H](OC)[C@H](OC(C)=O)[C@@H](COC)OC(C)=O)N(C)C(C)=O. The molecule has 0 N–H and O–H groups in total. The van der Waals surface area contributed by atoms with Crippen molar-refractivity contribution in [3.8, 4) is 0 Å². The van der Waals surface area contributed by atoms with E-state index in [4.69, 9.17) is 25.1 Å². The fourth-order valence-corrected chi connectivity index (χ4v) is 2.35. The van der Waals surface area contributed by atoms with E-state index in [0.29, 0.717) is 0 Å². The van der Waals surface area contributed by atoms with Crippen molar-refractivity contribution in [1.29, 1.82) is 0 Å². The van der Waals surface area contributed by atoms with Crippen LogP contribution in [0.15, 0.2) is 0 Å². The van der Waals surface area contributed by atoms with Gasteiger partial charge in [0.25, 0.3) is 0 Å². The summed E-state index contributed by atoms with van der Waals surface area (Å²) in [7, 11) is 4.00. The number of carbonyl (C=O) groups is 4. The van der Waals surface area contributed by atoms with Crippen molar-refractivity contribution in [2.75, 3.05) is 34.5 Å². The molecule has 0 aliphatic carbocycles. The van der Waals surface area contributed by atoms with Gasteiger partial charge in [-0.3, -0.25) is 19.2 Å². The van der Waals surface area contributed by atoms with Gasteiger partial charge in [-0.25, -0.2) is 0 Å². The molecule has 1 unspecified atom stereocenters. The Morgan fingerprint density at radius 1 is 0.926 bits per heavy atom. The molecule has 10 nitrogen and oxygen atoms in total. The van der Waals surface area contributed by atoms with Crippen LogP contribution >= 0.6 is 0 Å². The third kappa shape index (κ3) is 8.83. The van der Waals surface area contributed by atoms with Crippen LogP contribution in [-0.2, 0) is 42.9 Å². The Kier molecular flexibility index (Phi) is 10.3. The van der Waals surface area contributed by atoms with Crippen LogP contribution in [0.1, 0.15) is 29.1 Å². The number of hydrogen-bond acceptors (Lipinski definition) is 9. The molecule has 1 amide bonds. The molecule has 10 heteroatoms. The second-order valence-electron chi connectivity index (χ2n) is 5.74. The molecule has 0 spiro atoms. The van der Waals surface area contributed by atoms with Gasteiger partial charge < -0.3 is 28.6 Å². The number of ether oxygens (including phenoxy) is 5. The van der Waals surface area contributed by atoms with Gasteiger partial charge in [0.1, 0.15) is 12.7 Å². The van der Waals surface area contributed by atoms with Crippen molar-refractivity contribution in [3.05, 3.63) is 0 Å². The number of amides is 1. The van der Waals surface area contributed by atoms with E-state index in [1.807, 2.05) is 0 Å². The quantitative estimate of drug-likeness (QED) is 0.351. The number of nitrogens with zero attached hydrogens (tertiary/aromatic N) is 1. The maximum atomic E-state index is 11.9. The molecule has 0 aromatic rings. The molecule has 27 heavy (non-hydrogen) atoms. The third-order valence-electron chi connectivity index (χ3n) is 3.57. The van der Waals surface area contributed by atoms with Gasteiger partial charge in [-0.15, -0.1) is 0 Å². The summed E-state index contributed by atoms with van der Waals surface area (Å²) in [5, 5.41) is 0. The Labute approximate surface area is 160 Å². The van der Waals surface area contributed by atoms with Gasteiger partial charge >= 0.3 is 17.9 Å². The van der Waals surface area contributed by atoms with Crippen LogP contribution < -0.4 is 0 Å². The van der Waals surface area contributed by atoms with E-state index in [9.17, 15) is 19.2 Å². The summed E-state index contributed by atoms with van der Waals surface area (Å²) in [4.78, 5) is 47.6. The second kappa shape index (κ2) is 12.2. The number of methoxy groups -OCH3 is 2. The molecule has 0 aliphatic heterocycles. The minimum absolute atomic E-state index is 0.149. The molecule has 0 saturated heterocycles. The molecule has 5 atom stereocenters. The predicted octanol–water partition coefficient (Wildman–Crippen LogP) is -0.0788. The zero-order valence-electron chi connectivity index (χ0n) is 17.7. The van der Waals surface area contributed by atoms with Crippen molar-refractivity contribution in [2.45, 2.75) is 52.0 Å². The summed E-state index contributed by atoms with van der Waals surface area (Å²) in [6.45, 7) is 2.97. The first-order valence-corrected chi connectivity index (χ1v) is 8.15. The summed E-state index contributed by atoms with van der Waals surface area (Å²) in [6.07, 6.45) is -3.52. The minimum Gasteiger partial charge on any atom is -0.464 e. The Morgan fingerprint density at radius 2 is 1.48 bits per heavy atom. The van der Waals surface area contributed by atoms with Crippen LogP contribution in [0.3, 0.4) is 0 Å². The van der Waals surface area contributed by atoms with Crippen molar-refractivity contribution < 1.29 is 44.2 Å². The van der Waals surface area contributed by atoms with Crippen LogP contribution in [0, 0.1) is 0 Å². The number of rotatable bonds is 11. The van der Waals surface area contributed by atoms with Gasteiger partial charge in [-0.1, -0.05) is 0 Å². The van der Waals surface area contributed by atoms with Crippen LogP contribution in [0.25, 0.3) is 0 Å². The molecule has 0 rings (SSSR count). The van der Waals surface area contributed by atoms with Gasteiger partial charge in [0.15, 0.2) is 12.2 Å². The summed E-state index contributed by atoms with van der Waals surface area (Å²) in [6, 6.07) is -1.18. The first kappa shape index (κ1) is 22.8. The first-order valence-electron chi connectivity index (χ1n) is 8.72. The molecule has 0 aromatic heterocycles. The van der Waals surface area contributed by atoms with E-state index in [1.165, 1.54) is 35.1 Å². The zero-order valence-corrected chi connectivity index (χ0v) is 16.7. The highest BCUT2D eigenvalue weighted by atomic mass is 16.6. The smallest absolute Gasteiger partial charge is 0.303 e. The molecular weight excluding hydrogens is 362 g/mol. The van der Waals surface area contributed by atoms with Crippen LogP contribution in [0.5, 0.6) is 0 Å². The molecule has 0 aromatic carbocycles. The fraction of sp³-hybridized carbons (Fsp3) is 0.765. The number of likely N-dealkylation sites (N-methyl/N-ethyl adjacent to an activating group) is 1. The molecule has 0 radical (unpaired) electrons. The van der Waals surface area contributed by atoms with E-state index in [-0.39, 0.29) is 6.61 Å². The van der Waals surface area contributed by atoms with Gasteiger partial charge in [0.05, 0.1) is 14.0 Å². The van der Waals surface area contributed by atoms with Crippen LogP contribution in [0.2, 0.25) is 0 Å². The summed E-state index contributed by atoms with van der Waals surface area (Å²) < 4.78 is 34.1. The van der Waals surface area contributed by atoms with E-state index in [0.717, 1.165) is 18.7 Å². The zero-order chi connectivity index (χ0) is 22.0. The maximum absolute atomic E-state index is 11.9. The van der Waals surface area contributed by atoms with Crippen LogP contribution in [-0.4, -0.2) is 87.5 Å². The lowest BCUT2D eigenvalue weighted by Gasteiger charge is -2.38. The highest BCUT2D eigenvalue weighted by molar-refractivity contribution is 5.73. The van der Waals surface area contributed by atoms with Crippen molar-refractivity contribution in [3.63, 3.8) is 0 Å². The minimum atomic E-state index is -1.56. The molecule has 0 aliphatic rings. The number of carbonyl (C=O) groups excluding carboxylic acids is 4. The highest BCUT2D eigenvalue weighted by Crippen LogP contribution is 2.20. The van der Waals surface area contributed by atoms with Gasteiger partial charge in [0, 0.05) is 49.0 Å². The Hall–Kier alpha value is -2.20. The van der Waals surface area contributed by atoms with Crippen molar-refractivity contribution >= 4 is 23.8 Å². The Balaban J connectivity index is 6.17. The predicted molar refractivity (Wildman–Crippen MR) is 92.6 cm³/mol. The molecule has 0 heterocycles. The fourth-order valence-electron chi connectivity index (χ4n) is 2.35. The van der Waals surface area contributed by atoms with Crippen molar-refractivity contribution in [2.24, 2.45) is 0 Å². The number of hydrogen-bond donors (Lipinski definition) is 0. The largest absolute Gasteiger partial charge is 0.464 e. The lowest BCUT2D eigenvalue weighted by atomic mass is 9.99. The topological polar surface area (TPSA) is 118 Å². The van der Waals surface area contributed by atoms with Crippen molar-refractivity contribution in [1.82, 2.24) is 4.90 Å². The summed E-state index contributed by atoms with van der Waals surface area (Å²) in [5.41, 5.74) is 0. The average molecular weight is 392 g/mol. The lowest BCUT2D eigenvalue weighted by molar-refractivity contribution is -0.189. The normalized spacial score (nSPS) is 16.8. The van der Waals surface area contributed by atoms with Gasteiger partial charge in [-0.05, 0) is 0 Å². The third-order valence-corrected chi connectivity index (χ3v) is 3.57. The van der Waals surface area contributed by atoms with E-state index < -0.39 is 54.8 Å². The maximum Gasteiger partial charge on any atom is 0.303 e. The lowest BCUT2D eigenvalue weighted by Crippen LogP contribution is -2.57. The van der Waals surface area contributed by atoms with Gasteiger partial charge in [0.2, 0.25) is 5.91 Å². The standard InChI is InChI=1S/C17H29NO9/c1-10(19)18(5)14(8-25-11(2)20)16(24-7)17(27-13(4)22)15(9-23-6)26-12(3)21/h14-17H,8-9H2,1-7H3/t14-,15+,16+,17+/m0/s1/i8D/t8?,14-,15+,16+,17+. The summed E-state index contributed by atoms with van der Waals surface area (Å²) in [5.74, 6) is -2.56. The first-order chi connectivity index (χ1) is 13.0. The van der Waals surface area contributed by atoms with Gasteiger partial charge in [-0.2, -0.15) is 0 Å². The molecular formula is C17H29NO9. The summed E-state index contributed by atoms with van der Waals surface area (Å²) >= 11 is 0. The molecule has 156 valence electrons. The van der Waals surface area contributed by atoms with E-state index >= 15 is 0 Å². The van der Waals surface area contributed by atoms with E-state index in [1.54, 1.807) is 0 Å².